The van der Waals surface area contributed by atoms with Crippen LogP contribution in [0.4, 0.5) is 5.82 Å². The topological polar surface area (TPSA) is 37.4 Å². The van der Waals surface area contributed by atoms with Crippen molar-refractivity contribution in [2.75, 3.05) is 31.1 Å². The molecule has 1 aliphatic rings. The lowest BCUT2D eigenvalue weighted by atomic mass is 10.1. The maximum atomic E-state index is 5.74. The first-order valence-corrected chi connectivity index (χ1v) is 7.77. The van der Waals surface area contributed by atoms with Crippen molar-refractivity contribution < 1.29 is 4.74 Å². The molecule has 0 aliphatic carbocycles. The Balaban J connectivity index is 2.04. The monoisotopic (exact) mass is 277 g/mol. The molecule has 4 heteroatoms. The van der Waals surface area contributed by atoms with Crippen LogP contribution in [-0.4, -0.2) is 37.3 Å². The summed E-state index contributed by atoms with van der Waals surface area (Å²) in [6, 6.07) is 2.24. The zero-order valence-electron chi connectivity index (χ0n) is 13.0. The molecule has 1 N–H and O–H groups in total. The molecule has 2 heterocycles. The maximum Gasteiger partial charge on any atom is 0.131 e. The number of pyridine rings is 1. The average Bonchev–Trinajstić information content (AvgIpc) is 2.96. The van der Waals surface area contributed by atoms with Crippen LogP contribution in [0.2, 0.25) is 0 Å². The summed E-state index contributed by atoms with van der Waals surface area (Å²) in [5, 5.41) is 3.34. The number of rotatable bonds is 7. The van der Waals surface area contributed by atoms with Gasteiger partial charge >= 0.3 is 0 Å². The van der Waals surface area contributed by atoms with Gasteiger partial charge in [0.1, 0.15) is 5.82 Å². The molecule has 1 aromatic rings. The number of anilines is 1. The maximum absolute atomic E-state index is 5.74. The highest BCUT2D eigenvalue weighted by molar-refractivity contribution is 5.47. The van der Waals surface area contributed by atoms with Gasteiger partial charge < -0.3 is 15.0 Å². The van der Waals surface area contributed by atoms with Crippen LogP contribution in [0.15, 0.2) is 12.3 Å². The van der Waals surface area contributed by atoms with Crippen molar-refractivity contribution in [1.29, 1.82) is 0 Å². The summed E-state index contributed by atoms with van der Waals surface area (Å²) < 4.78 is 5.74. The number of nitrogens with zero attached hydrogens (tertiary/aromatic N) is 2. The van der Waals surface area contributed by atoms with Gasteiger partial charge in [0.15, 0.2) is 0 Å². The molecule has 0 amide bonds. The summed E-state index contributed by atoms with van der Waals surface area (Å²) in [6.45, 7) is 11.2. The normalized spacial score (nSPS) is 18.4. The van der Waals surface area contributed by atoms with E-state index in [9.17, 15) is 0 Å². The summed E-state index contributed by atoms with van der Waals surface area (Å²) in [7, 11) is 0. The van der Waals surface area contributed by atoms with Crippen molar-refractivity contribution in [3.8, 4) is 0 Å². The quantitative estimate of drug-likeness (QED) is 0.831. The van der Waals surface area contributed by atoms with Gasteiger partial charge in [-0.3, -0.25) is 0 Å². The van der Waals surface area contributed by atoms with Gasteiger partial charge in [0.05, 0.1) is 6.10 Å². The Kier molecular flexibility index (Phi) is 5.80. The zero-order chi connectivity index (χ0) is 14.4. The Hall–Kier alpha value is -1.13. The highest BCUT2D eigenvalue weighted by Gasteiger charge is 2.20. The van der Waals surface area contributed by atoms with Crippen LogP contribution >= 0.6 is 0 Å². The smallest absolute Gasteiger partial charge is 0.131 e. The van der Waals surface area contributed by atoms with E-state index in [1.165, 1.54) is 24.0 Å². The molecule has 1 fully saturated rings. The van der Waals surface area contributed by atoms with Gasteiger partial charge in [0.2, 0.25) is 0 Å². The fourth-order valence-electron chi connectivity index (χ4n) is 2.72. The molecule has 0 radical (unpaired) electrons. The van der Waals surface area contributed by atoms with Gasteiger partial charge in [-0.25, -0.2) is 4.98 Å². The van der Waals surface area contributed by atoms with E-state index >= 15 is 0 Å². The van der Waals surface area contributed by atoms with Gasteiger partial charge in [0, 0.05) is 32.4 Å². The fraction of sp³-hybridized carbons (Fsp3) is 0.688. The van der Waals surface area contributed by atoms with E-state index < -0.39 is 0 Å². The summed E-state index contributed by atoms with van der Waals surface area (Å²) in [4.78, 5) is 7.01. The molecule has 0 spiro atoms. The van der Waals surface area contributed by atoms with E-state index in [-0.39, 0.29) is 0 Å². The molecule has 1 atom stereocenters. The molecule has 1 aliphatic heterocycles. The number of hydrogen-bond donors (Lipinski definition) is 1. The molecule has 0 bridgehead atoms. The first-order chi connectivity index (χ1) is 9.74. The first-order valence-electron chi connectivity index (χ1n) is 7.77. The lowest BCUT2D eigenvalue weighted by Gasteiger charge is -2.26. The van der Waals surface area contributed by atoms with Gasteiger partial charge in [-0.2, -0.15) is 0 Å². The molecule has 2 rings (SSSR count). The molecule has 20 heavy (non-hydrogen) atoms. The third kappa shape index (κ3) is 3.93. The largest absolute Gasteiger partial charge is 0.376 e. The minimum atomic E-state index is 0.373. The van der Waals surface area contributed by atoms with Crippen LogP contribution in [0.5, 0.6) is 0 Å². The van der Waals surface area contributed by atoms with E-state index in [2.05, 4.69) is 42.0 Å². The van der Waals surface area contributed by atoms with Crippen LogP contribution < -0.4 is 10.2 Å². The van der Waals surface area contributed by atoms with E-state index in [0.29, 0.717) is 6.10 Å². The third-order valence-corrected chi connectivity index (χ3v) is 3.82. The Labute approximate surface area is 122 Å². The predicted octanol–water partition coefficient (Wildman–Crippen LogP) is 2.50. The Morgan fingerprint density at radius 2 is 2.30 bits per heavy atom. The second-order valence-corrected chi connectivity index (χ2v) is 5.44. The lowest BCUT2D eigenvalue weighted by molar-refractivity contribution is 0.115. The molecule has 1 saturated heterocycles. The average molecular weight is 277 g/mol. The van der Waals surface area contributed by atoms with Crippen molar-refractivity contribution in [1.82, 2.24) is 10.3 Å². The molecule has 1 unspecified atom stereocenters. The number of likely N-dealkylation sites (N-methyl/N-ethyl adjacent to an activating group) is 1. The van der Waals surface area contributed by atoms with Crippen molar-refractivity contribution in [2.24, 2.45) is 0 Å². The number of ether oxygens (including phenoxy) is 1. The van der Waals surface area contributed by atoms with Gasteiger partial charge in [-0.05, 0) is 50.4 Å². The summed E-state index contributed by atoms with van der Waals surface area (Å²) in [5.74, 6) is 1.10. The van der Waals surface area contributed by atoms with E-state index in [1.807, 2.05) is 6.20 Å². The zero-order valence-corrected chi connectivity index (χ0v) is 13.0. The molecule has 0 saturated carbocycles. The number of nitrogens with one attached hydrogen (secondary N) is 1. The third-order valence-electron chi connectivity index (χ3n) is 3.82. The number of aryl methyl sites for hydroxylation is 1. The summed E-state index contributed by atoms with van der Waals surface area (Å²) in [6.07, 6.45) is 4.73. The first kappa shape index (κ1) is 15.3. The lowest BCUT2D eigenvalue weighted by Crippen LogP contribution is -2.33. The van der Waals surface area contributed by atoms with Crippen LogP contribution in [0.25, 0.3) is 0 Å². The predicted molar refractivity (Wildman–Crippen MR) is 83.2 cm³/mol. The standard InChI is InChI=1S/C16H27N3O/c1-4-17-10-14-9-13(3)16(18-11-14)19(5-2)12-15-7-6-8-20-15/h9,11,15,17H,4-8,10,12H2,1-3H3. The second kappa shape index (κ2) is 7.60. The molecule has 1 aromatic heterocycles. The van der Waals surface area contributed by atoms with Gasteiger partial charge in [-0.1, -0.05) is 6.92 Å². The highest BCUT2D eigenvalue weighted by Crippen LogP contribution is 2.21. The molecule has 0 aromatic carbocycles. The SMILES string of the molecule is CCNCc1cnc(N(CC)CC2CCCO2)c(C)c1. The molecule has 4 nitrogen and oxygen atoms in total. The summed E-state index contributed by atoms with van der Waals surface area (Å²) in [5.41, 5.74) is 2.50. The van der Waals surface area contributed by atoms with Gasteiger partial charge in [-0.15, -0.1) is 0 Å². The highest BCUT2D eigenvalue weighted by atomic mass is 16.5. The minimum absolute atomic E-state index is 0.373. The van der Waals surface area contributed by atoms with E-state index in [0.717, 1.165) is 38.6 Å². The number of aromatic nitrogens is 1. The van der Waals surface area contributed by atoms with Crippen LogP contribution in [0.3, 0.4) is 0 Å². The van der Waals surface area contributed by atoms with Gasteiger partial charge in [0.25, 0.3) is 0 Å². The summed E-state index contributed by atoms with van der Waals surface area (Å²) >= 11 is 0. The van der Waals surface area contributed by atoms with Crippen molar-refractivity contribution in [3.63, 3.8) is 0 Å². The van der Waals surface area contributed by atoms with Crippen LogP contribution in [0, 0.1) is 6.92 Å². The van der Waals surface area contributed by atoms with E-state index in [1.54, 1.807) is 0 Å². The van der Waals surface area contributed by atoms with Crippen molar-refractivity contribution >= 4 is 5.82 Å². The van der Waals surface area contributed by atoms with Crippen molar-refractivity contribution in [3.05, 3.63) is 23.4 Å². The number of hydrogen-bond acceptors (Lipinski definition) is 4. The second-order valence-electron chi connectivity index (χ2n) is 5.44. The molecular weight excluding hydrogens is 250 g/mol. The van der Waals surface area contributed by atoms with E-state index in [4.69, 9.17) is 4.74 Å². The Morgan fingerprint density at radius 1 is 1.45 bits per heavy atom. The minimum Gasteiger partial charge on any atom is -0.376 e. The molecule has 112 valence electrons. The Bertz CT molecular complexity index is 416. The van der Waals surface area contributed by atoms with Crippen LogP contribution in [0.1, 0.15) is 37.8 Å². The Morgan fingerprint density at radius 3 is 2.90 bits per heavy atom. The molecular formula is C16H27N3O. The van der Waals surface area contributed by atoms with Crippen LogP contribution in [-0.2, 0) is 11.3 Å². The fourth-order valence-corrected chi connectivity index (χ4v) is 2.72. The van der Waals surface area contributed by atoms with Crippen molar-refractivity contribution in [2.45, 2.75) is 46.3 Å².